The van der Waals surface area contributed by atoms with Gasteiger partial charge in [-0.3, -0.25) is 9.59 Å². The number of pyridine rings is 1. The zero-order valence-electron chi connectivity index (χ0n) is 13.3. The number of hydrogen-bond donors (Lipinski definition) is 1. The Morgan fingerprint density at radius 3 is 2.62 bits per heavy atom. The van der Waals surface area contributed by atoms with Crippen molar-refractivity contribution in [1.29, 1.82) is 0 Å². The van der Waals surface area contributed by atoms with Crippen LogP contribution in [0.15, 0.2) is 59.4 Å². The van der Waals surface area contributed by atoms with E-state index < -0.39 is 5.82 Å². The van der Waals surface area contributed by atoms with Crippen LogP contribution in [0.2, 0.25) is 0 Å². The predicted octanol–water partition coefficient (Wildman–Crippen LogP) is 3.48. The topological polar surface area (TPSA) is 51.1 Å². The van der Waals surface area contributed by atoms with Crippen LogP contribution < -0.4 is 10.9 Å². The Kier molecular flexibility index (Phi) is 4.42. The minimum atomic E-state index is -0.483. The molecule has 0 fully saturated rings. The van der Waals surface area contributed by atoms with Gasteiger partial charge >= 0.3 is 0 Å². The lowest BCUT2D eigenvalue weighted by Gasteiger charge is -2.12. The molecular weight excluding hydrogens is 307 g/mol. The van der Waals surface area contributed by atoms with Gasteiger partial charge in [-0.1, -0.05) is 30.3 Å². The van der Waals surface area contributed by atoms with E-state index in [0.717, 1.165) is 16.5 Å². The average Bonchev–Trinajstić information content (AvgIpc) is 2.57. The van der Waals surface area contributed by atoms with E-state index in [4.69, 9.17) is 0 Å². The Balaban J connectivity index is 1.80. The second-order valence-electron chi connectivity index (χ2n) is 5.61. The maximum atomic E-state index is 13.6. The summed E-state index contributed by atoms with van der Waals surface area (Å²) < 4.78 is 15.1. The molecule has 0 unspecified atom stereocenters. The molecule has 0 aliphatic rings. The summed E-state index contributed by atoms with van der Waals surface area (Å²) in [5, 5.41) is 3.51. The van der Waals surface area contributed by atoms with Gasteiger partial charge in [0.25, 0.3) is 5.56 Å². The van der Waals surface area contributed by atoms with Gasteiger partial charge in [-0.2, -0.15) is 0 Å². The molecule has 3 rings (SSSR count). The van der Waals surface area contributed by atoms with Crippen molar-refractivity contribution in [1.82, 2.24) is 4.57 Å². The molecule has 1 aromatic heterocycles. The fourth-order valence-electron chi connectivity index (χ4n) is 2.72. The SMILES string of the molecule is Cc1cc(=O)n(CCC(=O)Nc2ccccc2F)c2ccccc12. The van der Waals surface area contributed by atoms with Crippen LogP contribution in [0.5, 0.6) is 0 Å². The monoisotopic (exact) mass is 324 g/mol. The van der Waals surface area contributed by atoms with Gasteiger partial charge in [0, 0.05) is 24.4 Å². The summed E-state index contributed by atoms with van der Waals surface area (Å²) in [4.78, 5) is 24.3. The van der Waals surface area contributed by atoms with Gasteiger partial charge in [0.05, 0.1) is 11.2 Å². The quantitative estimate of drug-likeness (QED) is 0.799. The van der Waals surface area contributed by atoms with Crippen LogP contribution in [0.1, 0.15) is 12.0 Å². The fourth-order valence-corrected chi connectivity index (χ4v) is 2.72. The first-order chi connectivity index (χ1) is 11.6. The second kappa shape index (κ2) is 6.66. The van der Waals surface area contributed by atoms with Gasteiger partial charge in [0.2, 0.25) is 5.91 Å². The summed E-state index contributed by atoms with van der Waals surface area (Å²) in [6.07, 6.45) is 0.0846. The first-order valence-electron chi connectivity index (χ1n) is 7.70. The molecule has 1 heterocycles. The van der Waals surface area contributed by atoms with Crippen molar-refractivity contribution < 1.29 is 9.18 Å². The molecule has 1 amide bonds. The standard InChI is InChI=1S/C19H17FN2O2/c1-13-12-19(24)22(17-9-5-2-6-14(13)17)11-10-18(23)21-16-8-4-3-7-15(16)20/h2-9,12H,10-11H2,1H3,(H,21,23). The van der Waals surface area contributed by atoms with E-state index in [9.17, 15) is 14.0 Å². The summed E-state index contributed by atoms with van der Waals surface area (Å²) in [5.41, 5.74) is 1.69. The molecule has 3 aromatic rings. The van der Waals surface area contributed by atoms with Crippen molar-refractivity contribution in [3.63, 3.8) is 0 Å². The van der Waals surface area contributed by atoms with Gasteiger partial charge in [-0.25, -0.2) is 4.39 Å². The van der Waals surface area contributed by atoms with Crippen LogP contribution in [-0.2, 0) is 11.3 Å². The summed E-state index contributed by atoms with van der Waals surface area (Å²) in [7, 11) is 0. The fraction of sp³-hybridized carbons (Fsp3) is 0.158. The zero-order chi connectivity index (χ0) is 17.1. The van der Waals surface area contributed by atoms with Gasteiger partial charge in [-0.15, -0.1) is 0 Å². The van der Waals surface area contributed by atoms with E-state index in [0.29, 0.717) is 0 Å². The normalized spacial score (nSPS) is 10.8. The van der Waals surface area contributed by atoms with Gasteiger partial charge in [0.15, 0.2) is 0 Å². The Bertz CT molecular complexity index is 963. The van der Waals surface area contributed by atoms with E-state index in [1.54, 1.807) is 22.8 Å². The molecule has 4 nitrogen and oxygen atoms in total. The Hall–Kier alpha value is -2.95. The minimum absolute atomic E-state index is 0.0846. The molecule has 0 radical (unpaired) electrons. The molecular formula is C19H17FN2O2. The van der Waals surface area contributed by atoms with Crippen molar-refractivity contribution >= 4 is 22.5 Å². The number of rotatable bonds is 4. The number of benzene rings is 2. The second-order valence-corrected chi connectivity index (χ2v) is 5.61. The molecule has 0 atom stereocenters. The lowest BCUT2D eigenvalue weighted by Crippen LogP contribution is -2.23. The first kappa shape index (κ1) is 15.9. The van der Waals surface area contributed by atoms with Crippen molar-refractivity contribution in [2.24, 2.45) is 0 Å². The highest BCUT2D eigenvalue weighted by atomic mass is 19.1. The molecule has 5 heteroatoms. The Morgan fingerprint density at radius 1 is 1.12 bits per heavy atom. The number of aryl methyl sites for hydroxylation is 2. The van der Waals surface area contributed by atoms with E-state index in [2.05, 4.69) is 5.32 Å². The number of hydrogen-bond acceptors (Lipinski definition) is 2. The van der Waals surface area contributed by atoms with Crippen molar-refractivity contribution in [2.45, 2.75) is 19.9 Å². The number of nitrogens with zero attached hydrogens (tertiary/aromatic N) is 1. The molecule has 0 aliphatic carbocycles. The molecule has 24 heavy (non-hydrogen) atoms. The Morgan fingerprint density at radius 2 is 1.83 bits per heavy atom. The number of amides is 1. The minimum Gasteiger partial charge on any atom is -0.324 e. The predicted molar refractivity (Wildman–Crippen MR) is 92.6 cm³/mol. The number of anilines is 1. The van der Waals surface area contributed by atoms with E-state index >= 15 is 0 Å². The van der Waals surface area contributed by atoms with Gasteiger partial charge in [-0.05, 0) is 30.7 Å². The number of carbonyl (C=O) groups excluding carboxylic acids is 1. The number of fused-ring (bicyclic) bond motifs is 1. The van der Waals surface area contributed by atoms with Crippen LogP contribution in [0.25, 0.3) is 10.9 Å². The Labute approximate surface area is 138 Å². The number of aromatic nitrogens is 1. The molecule has 0 saturated carbocycles. The molecule has 0 bridgehead atoms. The molecule has 2 aromatic carbocycles. The summed E-state index contributed by atoms with van der Waals surface area (Å²) in [6.45, 7) is 2.12. The van der Waals surface area contributed by atoms with Crippen molar-refractivity contribution in [3.05, 3.63) is 76.3 Å². The lowest BCUT2D eigenvalue weighted by atomic mass is 10.1. The van der Waals surface area contributed by atoms with Crippen LogP contribution in [0, 0.1) is 12.7 Å². The van der Waals surface area contributed by atoms with Crippen LogP contribution in [0.3, 0.4) is 0 Å². The molecule has 122 valence electrons. The smallest absolute Gasteiger partial charge is 0.251 e. The maximum absolute atomic E-state index is 13.6. The summed E-state index contributed by atoms with van der Waals surface area (Å²) in [5.74, 6) is -0.819. The molecule has 1 N–H and O–H groups in total. The molecule has 0 saturated heterocycles. The number of nitrogens with one attached hydrogen (secondary N) is 1. The van der Waals surface area contributed by atoms with Crippen LogP contribution >= 0.6 is 0 Å². The number of para-hydroxylation sites is 2. The van der Waals surface area contributed by atoms with Crippen molar-refractivity contribution in [2.75, 3.05) is 5.32 Å². The largest absolute Gasteiger partial charge is 0.324 e. The number of halogens is 1. The third kappa shape index (κ3) is 3.20. The summed E-state index contributed by atoms with van der Waals surface area (Å²) >= 11 is 0. The van der Waals surface area contributed by atoms with Gasteiger partial charge in [0.1, 0.15) is 5.82 Å². The maximum Gasteiger partial charge on any atom is 0.251 e. The average molecular weight is 324 g/mol. The summed E-state index contributed by atoms with van der Waals surface area (Å²) in [6, 6.07) is 15.1. The van der Waals surface area contributed by atoms with E-state index in [1.165, 1.54) is 12.1 Å². The van der Waals surface area contributed by atoms with E-state index in [1.807, 2.05) is 31.2 Å². The molecule has 0 spiro atoms. The van der Waals surface area contributed by atoms with Crippen molar-refractivity contribution in [3.8, 4) is 0 Å². The number of carbonyl (C=O) groups is 1. The van der Waals surface area contributed by atoms with Gasteiger partial charge < -0.3 is 9.88 Å². The first-order valence-corrected chi connectivity index (χ1v) is 7.70. The zero-order valence-corrected chi connectivity index (χ0v) is 13.3. The van der Waals surface area contributed by atoms with Crippen LogP contribution in [0.4, 0.5) is 10.1 Å². The van der Waals surface area contributed by atoms with E-state index in [-0.39, 0.29) is 30.1 Å². The highest BCUT2D eigenvalue weighted by Crippen LogP contribution is 2.16. The highest BCUT2D eigenvalue weighted by molar-refractivity contribution is 5.91. The molecule has 0 aliphatic heterocycles. The van der Waals surface area contributed by atoms with Crippen LogP contribution in [-0.4, -0.2) is 10.5 Å². The third-order valence-corrected chi connectivity index (χ3v) is 3.94. The lowest BCUT2D eigenvalue weighted by molar-refractivity contribution is -0.116. The highest BCUT2D eigenvalue weighted by Gasteiger charge is 2.10. The third-order valence-electron chi connectivity index (χ3n) is 3.94.